The number of benzene rings is 2. The van der Waals surface area contributed by atoms with Crippen molar-refractivity contribution in [1.29, 1.82) is 0 Å². The Morgan fingerprint density at radius 1 is 1.08 bits per heavy atom. The second-order valence-electron chi connectivity index (χ2n) is 7.34. The van der Waals surface area contributed by atoms with Gasteiger partial charge < -0.3 is 0 Å². The summed E-state index contributed by atoms with van der Waals surface area (Å²) in [6, 6.07) is 15.3. The number of rotatable bonds is 5. The van der Waals surface area contributed by atoms with E-state index in [4.69, 9.17) is 0 Å². The van der Waals surface area contributed by atoms with Gasteiger partial charge in [0.15, 0.2) is 5.78 Å². The standard InChI is InChI=1S/C21H26NO2/c1-15-9-8-11-18(13-15)20(22(24)21(3,4)5)14-17-10-6-7-12-19(17)16(2)23/h6-13,20H,14H2,1-5H3. The number of aryl methyl sites for hydroxylation is 1. The number of ketones is 1. The molecule has 0 spiro atoms. The molecule has 0 aliphatic rings. The first kappa shape index (κ1) is 18.4. The number of carbonyl (C=O) groups is 1. The van der Waals surface area contributed by atoms with E-state index >= 15 is 0 Å². The third kappa shape index (κ3) is 4.31. The average Bonchev–Trinajstić information content (AvgIpc) is 2.51. The van der Waals surface area contributed by atoms with Crippen molar-refractivity contribution < 1.29 is 10.0 Å². The lowest BCUT2D eigenvalue weighted by atomic mass is 9.91. The molecule has 0 saturated carbocycles. The summed E-state index contributed by atoms with van der Waals surface area (Å²) in [4.78, 5) is 11.9. The van der Waals surface area contributed by atoms with Crippen LogP contribution in [-0.4, -0.2) is 16.4 Å². The van der Waals surface area contributed by atoms with Gasteiger partial charge in [0, 0.05) is 11.1 Å². The van der Waals surface area contributed by atoms with Crippen molar-refractivity contribution in [2.75, 3.05) is 0 Å². The van der Waals surface area contributed by atoms with Gasteiger partial charge in [-0.3, -0.25) is 4.79 Å². The minimum Gasteiger partial charge on any atom is -0.295 e. The molecule has 0 heterocycles. The lowest BCUT2D eigenvalue weighted by Crippen LogP contribution is -2.41. The van der Waals surface area contributed by atoms with Crippen LogP contribution in [0.4, 0.5) is 0 Å². The van der Waals surface area contributed by atoms with E-state index in [0.717, 1.165) is 21.8 Å². The Bertz CT molecular complexity index is 716. The summed E-state index contributed by atoms with van der Waals surface area (Å²) in [7, 11) is 0. The largest absolute Gasteiger partial charge is 0.295 e. The number of hydrogen-bond acceptors (Lipinski definition) is 2. The fourth-order valence-electron chi connectivity index (χ4n) is 2.93. The van der Waals surface area contributed by atoms with Crippen LogP contribution in [0.5, 0.6) is 0 Å². The number of hydroxylamine groups is 2. The molecule has 127 valence electrons. The molecule has 0 saturated heterocycles. The van der Waals surface area contributed by atoms with Gasteiger partial charge in [0.2, 0.25) is 0 Å². The van der Waals surface area contributed by atoms with Crippen molar-refractivity contribution in [1.82, 2.24) is 5.06 Å². The van der Waals surface area contributed by atoms with E-state index in [0.29, 0.717) is 12.0 Å². The van der Waals surface area contributed by atoms with Crippen LogP contribution in [-0.2, 0) is 11.6 Å². The van der Waals surface area contributed by atoms with Crippen LogP contribution in [0.1, 0.15) is 60.8 Å². The van der Waals surface area contributed by atoms with Crippen LogP contribution in [0.3, 0.4) is 0 Å². The molecular weight excluding hydrogens is 298 g/mol. The first-order valence-electron chi connectivity index (χ1n) is 8.32. The van der Waals surface area contributed by atoms with Crippen LogP contribution in [0.2, 0.25) is 0 Å². The Kier molecular flexibility index (Phi) is 5.58. The summed E-state index contributed by atoms with van der Waals surface area (Å²) < 4.78 is 0. The molecular formula is C21H26NO2. The van der Waals surface area contributed by atoms with Gasteiger partial charge in [-0.1, -0.05) is 54.1 Å². The van der Waals surface area contributed by atoms with Crippen molar-refractivity contribution in [3.63, 3.8) is 0 Å². The predicted molar refractivity (Wildman–Crippen MR) is 96.3 cm³/mol. The minimum absolute atomic E-state index is 0.0294. The van der Waals surface area contributed by atoms with Crippen molar-refractivity contribution in [2.24, 2.45) is 0 Å². The Hall–Kier alpha value is -1.97. The normalized spacial score (nSPS) is 13.1. The molecule has 1 atom stereocenters. The molecule has 2 rings (SSSR count). The zero-order chi connectivity index (χ0) is 17.9. The highest BCUT2D eigenvalue weighted by Crippen LogP contribution is 2.31. The fourth-order valence-corrected chi connectivity index (χ4v) is 2.93. The van der Waals surface area contributed by atoms with Gasteiger partial charge in [0.1, 0.15) is 0 Å². The Labute approximate surface area is 144 Å². The smallest absolute Gasteiger partial charge is 0.160 e. The molecule has 2 aromatic carbocycles. The molecule has 0 aliphatic heterocycles. The highest BCUT2D eigenvalue weighted by atomic mass is 16.5. The number of carbonyl (C=O) groups excluding carboxylic acids is 1. The Balaban J connectivity index is 2.46. The van der Waals surface area contributed by atoms with Gasteiger partial charge in [-0.25, -0.2) is 0 Å². The topological polar surface area (TPSA) is 40.2 Å². The molecule has 2 aromatic rings. The Morgan fingerprint density at radius 3 is 2.33 bits per heavy atom. The summed E-state index contributed by atoms with van der Waals surface area (Å²) in [5, 5.41) is 14.1. The van der Waals surface area contributed by atoms with Gasteiger partial charge in [0.25, 0.3) is 0 Å². The molecule has 0 fully saturated rings. The van der Waals surface area contributed by atoms with Crippen LogP contribution < -0.4 is 0 Å². The predicted octanol–water partition coefficient (Wildman–Crippen LogP) is 4.93. The van der Waals surface area contributed by atoms with Crippen molar-refractivity contribution in [3.05, 3.63) is 70.8 Å². The molecule has 3 heteroatoms. The van der Waals surface area contributed by atoms with E-state index in [-0.39, 0.29) is 11.8 Å². The zero-order valence-electron chi connectivity index (χ0n) is 15.2. The summed E-state index contributed by atoms with van der Waals surface area (Å²) >= 11 is 0. The minimum atomic E-state index is -0.514. The zero-order valence-corrected chi connectivity index (χ0v) is 15.2. The highest BCUT2D eigenvalue weighted by molar-refractivity contribution is 5.95. The SMILES string of the molecule is CC(=O)c1ccccc1CC(c1cccc(C)c1)N([O])C(C)(C)C. The van der Waals surface area contributed by atoms with Crippen molar-refractivity contribution in [2.45, 2.75) is 52.6 Å². The number of Topliss-reactive ketones (excluding diaryl/α,β-unsaturated/α-hetero) is 1. The van der Waals surface area contributed by atoms with Gasteiger partial charge in [-0.15, -0.1) is 10.3 Å². The third-order valence-corrected chi connectivity index (χ3v) is 4.18. The van der Waals surface area contributed by atoms with E-state index in [2.05, 4.69) is 6.07 Å². The van der Waals surface area contributed by atoms with E-state index in [1.807, 2.05) is 70.2 Å². The average molecular weight is 324 g/mol. The second kappa shape index (κ2) is 7.29. The van der Waals surface area contributed by atoms with E-state index in [9.17, 15) is 10.0 Å². The molecule has 1 unspecified atom stereocenters. The quantitative estimate of drug-likeness (QED) is 0.578. The van der Waals surface area contributed by atoms with E-state index in [1.54, 1.807) is 6.92 Å². The molecule has 3 nitrogen and oxygen atoms in total. The fraction of sp³-hybridized carbons (Fsp3) is 0.381. The molecule has 1 radical (unpaired) electrons. The third-order valence-electron chi connectivity index (χ3n) is 4.18. The van der Waals surface area contributed by atoms with Crippen LogP contribution in [0.25, 0.3) is 0 Å². The lowest BCUT2D eigenvalue weighted by Gasteiger charge is -2.35. The first-order valence-corrected chi connectivity index (χ1v) is 8.32. The summed E-state index contributed by atoms with van der Waals surface area (Å²) in [5.41, 5.74) is 3.21. The van der Waals surface area contributed by atoms with Crippen LogP contribution in [0, 0.1) is 6.92 Å². The molecule has 0 bridgehead atoms. The van der Waals surface area contributed by atoms with Crippen molar-refractivity contribution in [3.8, 4) is 0 Å². The summed E-state index contributed by atoms with van der Waals surface area (Å²) in [5.74, 6) is 0.0294. The maximum Gasteiger partial charge on any atom is 0.160 e. The summed E-state index contributed by atoms with van der Waals surface area (Å²) in [6.45, 7) is 9.34. The lowest BCUT2D eigenvalue weighted by molar-refractivity contribution is -0.241. The van der Waals surface area contributed by atoms with Crippen LogP contribution >= 0.6 is 0 Å². The first-order chi connectivity index (χ1) is 11.2. The molecule has 0 amide bonds. The Morgan fingerprint density at radius 2 is 1.75 bits per heavy atom. The highest BCUT2D eigenvalue weighted by Gasteiger charge is 2.31. The van der Waals surface area contributed by atoms with E-state index < -0.39 is 5.54 Å². The van der Waals surface area contributed by atoms with Gasteiger partial charge in [-0.05, 0) is 52.2 Å². The maximum atomic E-state index is 13.0. The second-order valence-corrected chi connectivity index (χ2v) is 7.34. The molecule has 0 aromatic heterocycles. The van der Waals surface area contributed by atoms with Gasteiger partial charge in [-0.2, -0.15) is 0 Å². The monoisotopic (exact) mass is 324 g/mol. The number of hydrogen-bond donors (Lipinski definition) is 0. The maximum absolute atomic E-state index is 13.0. The molecule has 0 aliphatic carbocycles. The molecule has 0 N–H and O–H groups in total. The molecule has 24 heavy (non-hydrogen) atoms. The van der Waals surface area contributed by atoms with Gasteiger partial charge >= 0.3 is 0 Å². The van der Waals surface area contributed by atoms with Gasteiger partial charge in [0.05, 0.1) is 6.04 Å². The van der Waals surface area contributed by atoms with Crippen LogP contribution in [0.15, 0.2) is 48.5 Å². The van der Waals surface area contributed by atoms with E-state index in [1.165, 1.54) is 0 Å². The van der Waals surface area contributed by atoms with Crippen molar-refractivity contribution >= 4 is 5.78 Å². The number of nitrogens with zero attached hydrogens (tertiary/aromatic N) is 1. The summed E-state index contributed by atoms with van der Waals surface area (Å²) in [6.07, 6.45) is 0.514.